The van der Waals surface area contributed by atoms with E-state index in [2.05, 4.69) is 26.4 Å². The maximum atomic E-state index is 12.2. The van der Waals surface area contributed by atoms with Gasteiger partial charge < -0.3 is 19.8 Å². The Morgan fingerprint density at radius 1 is 1.33 bits per heavy atom. The molecule has 1 amide bonds. The number of nitrogens with one attached hydrogen (secondary N) is 2. The number of ether oxygens (including phenoxy) is 2. The molecule has 0 saturated carbocycles. The maximum absolute atomic E-state index is 12.2. The zero-order chi connectivity index (χ0) is 19.6. The van der Waals surface area contributed by atoms with E-state index in [1.165, 1.54) is 0 Å². The summed E-state index contributed by atoms with van der Waals surface area (Å²) in [5.74, 6) is 3.53. The van der Waals surface area contributed by atoms with Crippen molar-refractivity contribution in [2.24, 2.45) is 0 Å². The van der Waals surface area contributed by atoms with Crippen molar-refractivity contribution in [2.75, 3.05) is 20.3 Å². The molecule has 0 spiro atoms. The number of aromatic amines is 1. The number of H-pyrrole nitrogens is 1. The zero-order valence-electron chi connectivity index (χ0n) is 15.4. The SMILES string of the molecule is C#CCNC(=O)CCc1nnc(-c2ccc(OCCC)c(OC)c2)[nH]c1=O. The van der Waals surface area contributed by atoms with Crippen LogP contribution in [0.25, 0.3) is 11.4 Å². The quantitative estimate of drug-likeness (QED) is 0.645. The lowest BCUT2D eigenvalue weighted by atomic mass is 10.2. The topological polar surface area (TPSA) is 106 Å². The first-order valence-electron chi connectivity index (χ1n) is 8.56. The van der Waals surface area contributed by atoms with Crippen molar-refractivity contribution < 1.29 is 14.3 Å². The molecule has 1 heterocycles. The summed E-state index contributed by atoms with van der Waals surface area (Å²) < 4.78 is 10.9. The first kappa shape index (κ1) is 20.0. The Morgan fingerprint density at radius 2 is 2.15 bits per heavy atom. The number of carbonyl (C=O) groups excluding carboxylic acids is 1. The molecule has 142 valence electrons. The average Bonchev–Trinajstić information content (AvgIpc) is 2.69. The highest BCUT2D eigenvalue weighted by Crippen LogP contribution is 2.31. The van der Waals surface area contributed by atoms with Gasteiger partial charge in [-0.1, -0.05) is 12.8 Å². The van der Waals surface area contributed by atoms with E-state index in [1.807, 2.05) is 6.92 Å². The van der Waals surface area contributed by atoms with Crippen LogP contribution in [0, 0.1) is 12.3 Å². The van der Waals surface area contributed by atoms with E-state index in [-0.39, 0.29) is 31.0 Å². The summed E-state index contributed by atoms with van der Waals surface area (Å²) in [7, 11) is 1.54. The van der Waals surface area contributed by atoms with Gasteiger partial charge in [0.15, 0.2) is 17.3 Å². The molecule has 0 fully saturated rings. The summed E-state index contributed by atoms with van der Waals surface area (Å²) >= 11 is 0. The number of methoxy groups -OCH3 is 1. The molecule has 0 aliphatic carbocycles. The molecule has 0 saturated heterocycles. The summed E-state index contributed by atoms with van der Waals surface area (Å²) in [5.41, 5.74) is 0.429. The maximum Gasteiger partial charge on any atom is 0.273 e. The number of rotatable bonds is 9. The van der Waals surface area contributed by atoms with Crippen LogP contribution >= 0.6 is 0 Å². The fourth-order valence-corrected chi connectivity index (χ4v) is 2.27. The van der Waals surface area contributed by atoms with Crippen molar-refractivity contribution in [3.05, 3.63) is 34.2 Å². The summed E-state index contributed by atoms with van der Waals surface area (Å²) in [6.07, 6.45) is 6.24. The Balaban J connectivity index is 2.14. The molecule has 0 unspecified atom stereocenters. The van der Waals surface area contributed by atoms with E-state index >= 15 is 0 Å². The van der Waals surface area contributed by atoms with E-state index in [0.717, 1.165) is 6.42 Å². The Morgan fingerprint density at radius 3 is 2.81 bits per heavy atom. The summed E-state index contributed by atoms with van der Waals surface area (Å²) in [4.78, 5) is 26.5. The zero-order valence-corrected chi connectivity index (χ0v) is 15.4. The second-order valence-electron chi connectivity index (χ2n) is 5.64. The first-order chi connectivity index (χ1) is 13.1. The molecule has 8 heteroatoms. The van der Waals surface area contributed by atoms with Gasteiger partial charge in [0.25, 0.3) is 5.56 Å². The van der Waals surface area contributed by atoms with Crippen LogP contribution in [0.1, 0.15) is 25.5 Å². The number of aryl methyl sites for hydroxylation is 1. The van der Waals surface area contributed by atoms with E-state index in [1.54, 1.807) is 25.3 Å². The summed E-state index contributed by atoms with van der Waals surface area (Å²) in [6.45, 7) is 2.75. The van der Waals surface area contributed by atoms with Crippen molar-refractivity contribution in [3.63, 3.8) is 0 Å². The van der Waals surface area contributed by atoms with Gasteiger partial charge in [0.2, 0.25) is 5.91 Å². The normalized spacial score (nSPS) is 10.1. The van der Waals surface area contributed by atoms with Crippen LogP contribution in [0.4, 0.5) is 0 Å². The van der Waals surface area contributed by atoms with Crippen LogP contribution < -0.4 is 20.3 Å². The first-order valence-corrected chi connectivity index (χ1v) is 8.56. The van der Waals surface area contributed by atoms with Crippen molar-refractivity contribution in [1.29, 1.82) is 0 Å². The molecule has 0 bridgehead atoms. The smallest absolute Gasteiger partial charge is 0.273 e. The number of benzene rings is 1. The molecule has 0 atom stereocenters. The average molecular weight is 370 g/mol. The van der Waals surface area contributed by atoms with Gasteiger partial charge >= 0.3 is 0 Å². The molecule has 0 aliphatic rings. The molecular weight excluding hydrogens is 348 g/mol. The van der Waals surface area contributed by atoms with E-state index < -0.39 is 5.56 Å². The minimum absolute atomic E-state index is 0.107. The molecule has 2 N–H and O–H groups in total. The van der Waals surface area contributed by atoms with Gasteiger partial charge in [-0.3, -0.25) is 9.59 Å². The van der Waals surface area contributed by atoms with Gasteiger partial charge in [-0.05, 0) is 24.6 Å². The Bertz CT molecular complexity index is 886. The molecule has 2 aromatic rings. The monoisotopic (exact) mass is 370 g/mol. The lowest BCUT2D eigenvalue weighted by Gasteiger charge is -2.11. The van der Waals surface area contributed by atoms with Crippen LogP contribution in [0.2, 0.25) is 0 Å². The highest BCUT2D eigenvalue weighted by molar-refractivity contribution is 5.76. The van der Waals surface area contributed by atoms with E-state index in [9.17, 15) is 9.59 Å². The molecule has 1 aromatic heterocycles. The number of aromatic nitrogens is 3. The standard InChI is InChI=1S/C19H22N4O4/c1-4-10-20-17(24)9-7-14-19(25)21-18(23-22-14)13-6-8-15(27-11-5-2)16(12-13)26-3/h1,6,8,12H,5,7,9-11H2,2-3H3,(H,20,24)(H,21,23,25). The van der Waals surface area contributed by atoms with Gasteiger partial charge in [0.1, 0.15) is 5.69 Å². The van der Waals surface area contributed by atoms with Gasteiger partial charge in [-0.2, -0.15) is 0 Å². The van der Waals surface area contributed by atoms with Crippen LogP contribution in [0.3, 0.4) is 0 Å². The fraction of sp³-hybridized carbons (Fsp3) is 0.368. The molecular formula is C19H22N4O4. The third-order valence-corrected chi connectivity index (χ3v) is 3.64. The highest BCUT2D eigenvalue weighted by Gasteiger charge is 2.12. The van der Waals surface area contributed by atoms with Crippen molar-refractivity contribution in [2.45, 2.75) is 26.2 Å². The molecule has 27 heavy (non-hydrogen) atoms. The summed E-state index contributed by atoms with van der Waals surface area (Å²) in [6, 6.07) is 5.24. The number of terminal acetylenes is 1. The Labute approximate surface area is 157 Å². The van der Waals surface area contributed by atoms with Gasteiger partial charge in [-0.15, -0.1) is 16.6 Å². The van der Waals surface area contributed by atoms with E-state index in [4.69, 9.17) is 15.9 Å². The van der Waals surface area contributed by atoms with Crippen molar-refractivity contribution in [3.8, 4) is 35.2 Å². The second kappa shape index (κ2) is 9.97. The number of amides is 1. The van der Waals surface area contributed by atoms with E-state index in [0.29, 0.717) is 29.5 Å². The number of hydrogen-bond donors (Lipinski definition) is 2. The number of nitrogens with zero attached hydrogens (tertiary/aromatic N) is 2. The Kier molecular flexibility index (Phi) is 7.37. The third kappa shape index (κ3) is 5.57. The fourth-order valence-electron chi connectivity index (χ4n) is 2.27. The summed E-state index contributed by atoms with van der Waals surface area (Å²) in [5, 5.41) is 10.5. The highest BCUT2D eigenvalue weighted by atomic mass is 16.5. The minimum atomic E-state index is -0.393. The van der Waals surface area contributed by atoms with Gasteiger partial charge in [0.05, 0.1) is 20.3 Å². The molecule has 0 aliphatic heterocycles. The van der Waals surface area contributed by atoms with Gasteiger partial charge in [-0.25, -0.2) is 0 Å². The lowest BCUT2D eigenvalue weighted by Crippen LogP contribution is -2.25. The van der Waals surface area contributed by atoms with Gasteiger partial charge in [0, 0.05) is 18.4 Å². The van der Waals surface area contributed by atoms with Crippen LogP contribution in [-0.2, 0) is 11.2 Å². The number of hydrogen-bond acceptors (Lipinski definition) is 6. The second-order valence-corrected chi connectivity index (χ2v) is 5.64. The largest absolute Gasteiger partial charge is 0.493 e. The van der Waals surface area contributed by atoms with Crippen LogP contribution in [-0.4, -0.2) is 41.3 Å². The molecule has 8 nitrogen and oxygen atoms in total. The molecule has 2 rings (SSSR count). The third-order valence-electron chi connectivity index (χ3n) is 3.64. The molecule has 0 radical (unpaired) electrons. The lowest BCUT2D eigenvalue weighted by molar-refractivity contribution is -0.120. The predicted molar refractivity (Wildman–Crippen MR) is 101 cm³/mol. The number of carbonyl (C=O) groups is 1. The van der Waals surface area contributed by atoms with Crippen molar-refractivity contribution in [1.82, 2.24) is 20.5 Å². The Hall–Kier alpha value is -3.34. The van der Waals surface area contributed by atoms with Crippen molar-refractivity contribution >= 4 is 5.91 Å². The predicted octanol–water partition coefficient (Wildman–Crippen LogP) is 1.31. The molecule has 1 aromatic carbocycles. The minimum Gasteiger partial charge on any atom is -0.493 e. The van der Waals surface area contributed by atoms with Crippen LogP contribution in [0.15, 0.2) is 23.0 Å². The van der Waals surface area contributed by atoms with Crippen LogP contribution in [0.5, 0.6) is 11.5 Å².